The first kappa shape index (κ1) is 11.8. The van der Waals surface area contributed by atoms with Crippen molar-refractivity contribution in [2.45, 2.75) is 38.0 Å². The van der Waals surface area contributed by atoms with E-state index in [1.54, 1.807) is 0 Å². The van der Waals surface area contributed by atoms with Gasteiger partial charge in [0, 0.05) is 10.9 Å². The van der Waals surface area contributed by atoms with Crippen molar-refractivity contribution in [3.8, 4) is 0 Å². The Morgan fingerprint density at radius 2 is 2.12 bits per heavy atom. The van der Waals surface area contributed by atoms with E-state index in [-0.39, 0.29) is 0 Å². The number of rotatable bonds is 4. The van der Waals surface area contributed by atoms with Gasteiger partial charge in [-0.05, 0) is 42.4 Å². The van der Waals surface area contributed by atoms with Gasteiger partial charge in [-0.1, -0.05) is 40.9 Å². The summed E-state index contributed by atoms with van der Waals surface area (Å²) in [6.45, 7) is 0. The Kier molecular flexibility index (Phi) is 4.16. The van der Waals surface area contributed by atoms with E-state index in [1.807, 2.05) is 6.07 Å². The molecule has 2 heteroatoms. The number of hydrogen-bond acceptors (Lipinski definition) is 1. The largest absolute Gasteiger partial charge is 0.303 e. The predicted octanol–water partition coefficient (Wildman–Crippen LogP) is 4.31. The summed E-state index contributed by atoms with van der Waals surface area (Å²) in [6, 6.07) is 8.41. The van der Waals surface area contributed by atoms with Crippen LogP contribution in [0, 0.1) is 5.92 Å². The second kappa shape index (κ2) is 5.62. The van der Waals surface area contributed by atoms with E-state index in [2.05, 4.69) is 34.1 Å². The number of carbonyl (C=O) groups excluding carboxylic acids is 1. The summed E-state index contributed by atoms with van der Waals surface area (Å²) in [7, 11) is 0. The summed E-state index contributed by atoms with van der Waals surface area (Å²) in [4.78, 5) is 10.8. The van der Waals surface area contributed by atoms with Gasteiger partial charge in [-0.25, -0.2) is 0 Å². The molecule has 1 unspecified atom stereocenters. The number of aldehydes is 1. The fourth-order valence-electron chi connectivity index (χ4n) is 2.80. The molecule has 0 bridgehead atoms. The van der Waals surface area contributed by atoms with E-state index in [0.717, 1.165) is 10.8 Å². The monoisotopic (exact) mass is 280 g/mol. The number of benzene rings is 1. The standard InChI is InChI=1S/C14H17BrO/c15-13-7-3-6-12(10-13)14(8-9-16)11-4-1-2-5-11/h3,6-7,9-11,14H,1-2,4-5,8H2. The van der Waals surface area contributed by atoms with Crippen LogP contribution in [0.5, 0.6) is 0 Å². The molecule has 16 heavy (non-hydrogen) atoms. The first-order valence-electron chi connectivity index (χ1n) is 6.00. The van der Waals surface area contributed by atoms with Crippen LogP contribution in [0.1, 0.15) is 43.6 Å². The van der Waals surface area contributed by atoms with Crippen molar-refractivity contribution >= 4 is 22.2 Å². The zero-order chi connectivity index (χ0) is 11.4. The maximum absolute atomic E-state index is 10.8. The summed E-state index contributed by atoms with van der Waals surface area (Å²) in [5, 5.41) is 0. The van der Waals surface area contributed by atoms with Crippen molar-refractivity contribution in [3.05, 3.63) is 34.3 Å². The molecule has 0 heterocycles. The highest BCUT2D eigenvalue weighted by Gasteiger charge is 2.25. The van der Waals surface area contributed by atoms with Gasteiger partial charge in [0.1, 0.15) is 6.29 Å². The average Bonchev–Trinajstić information content (AvgIpc) is 2.79. The molecule has 1 fully saturated rings. The first-order chi connectivity index (χ1) is 7.81. The first-order valence-corrected chi connectivity index (χ1v) is 6.79. The van der Waals surface area contributed by atoms with Gasteiger partial charge in [0.05, 0.1) is 0 Å². The van der Waals surface area contributed by atoms with Crippen molar-refractivity contribution in [2.24, 2.45) is 5.92 Å². The van der Waals surface area contributed by atoms with Crippen LogP contribution in [0.4, 0.5) is 0 Å². The summed E-state index contributed by atoms with van der Waals surface area (Å²) in [5.41, 5.74) is 1.31. The van der Waals surface area contributed by atoms with E-state index in [4.69, 9.17) is 0 Å². The Balaban J connectivity index is 2.20. The number of halogens is 1. The SMILES string of the molecule is O=CCC(c1cccc(Br)c1)C1CCCC1. The molecule has 0 aromatic heterocycles. The van der Waals surface area contributed by atoms with E-state index in [0.29, 0.717) is 18.3 Å². The van der Waals surface area contributed by atoms with Crippen LogP contribution in [-0.4, -0.2) is 6.29 Å². The van der Waals surface area contributed by atoms with E-state index >= 15 is 0 Å². The Labute approximate surface area is 105 Å². The van der Waals surface area contributed by atoms with Gasteiger partial charge < -0.3 is 4.79 Å². The number of hydrogen-bond donors (Lipinski definition) is 0. The Bertz CT molecular complexity index is 356. The molecule has 2 rings (SSSR count). The lowest BCUT2D eigenvalue weighted by Crippen LogP contribution is -2.10. The minimum absolute atomic E-state index is 0.428. The Hall–Kier alpha value is -0.630. The van der Waals surface area contributed by atoms with E-state index < -0.39 is 0 Å². The number of carbonyl (C=O) groups is 1. The van der Waals surface area contributed by atoms with Gasteiger partial charge in [0.15, 0.2) is 0 Å². The maximum Gasteiger partial charge on any atom is 0.120 e. The quantitative estimate of drug-likeness (QED) is 0.751. The molecule has 1 nitrogen and oxygen atoms in total. The zero-order valence-corrected chi connectivity index (χ0v) is 10.9. The van der Waals surface area contributed by atoms with Crippen LogP contribution in [0.25, 0.3) is 0 Å². The van der Waals surface area contributed by atoms with Crippen molar-refractivity contribution in [1.82, 2.24) is 0 Å². The zero-order valence-electron chi connectivity index (χ0n) is 9.36. The third-order valence-electron chi connectivity index (χ3n) is 3.60. The summed E-state index contributed by atoms with van der Waals surface area (Å²) in [6.07, 6.45) is 6.96. The molecule has 1 atom stereocenters. The van der Waals surface area contributed by atoms with Crippen LogP contribution in [0.15, 0.2) is 28.7 Å². The van der Waals surface area contributed by atoms with Crippen LogP contribution in [-0.2, 0) is 4.79 Å². The fraction of sp³-hybridized carbons (Fsp3) is 0.500. The smallest absolute Gasteiger partial charge is 0.120 e. The molecule has 0 saturated heterocycles. The molecule has 1 saturated carbocycles. The molecule has 1 aromatic carbocycles. The minimum atomic E-state index is 0.428. The second-order valence-corrected chi connectivity index (χ2v) is 5.52. The van der Waals surface area contributed by atoms with Gasteiger partial charge in [0.25, 0.3) is 0 Å². The Morgan fingerprint density at radius 3 is 2.75 bits per heavy atom. The molecule has 1 aromatic rings. The highest BCUT2D eigenvalue weighted by molar-refractivity contribution is 9.10. The summed E-state index contributed by atoms with van der Waals surface area (Å²) < 4.78 is 1.11. The molecule has 1 aliphatic carbocycles. The van der Waals surface area contributed by atoms with Crippen molar-refractivity contribution < 1.29 is 4.79 Å². The highest BCUT2D eigenvalue weighted by Crippen LogP contribution is 2.39. The van der Waals surface area contributed by atoms with Crippen molar-refractivity contribution in [1.29, 1.82) is 0 Å². The van der Waals surface area contributed by atoms with Crippen LogP contribution >= 0.6 is 15.9 Å². The normalized spacial score (nSPS) is 18.6. The van der Waals surface area contributed by atoms with Gasteiger partial charge >= 0.3 is 0 Å². The average molecular weight is 281 g/mol. The predicted molar refractivity (Wildman–Crippen MR) is 69.5 cm³/mol. The van der Waals surface area contributed by atoms with Gasteiger partial charge in [-0.15, -0.1) is 0 Å². The summed E-state index contributed by atoms with van der Waals surface area (Å²) in [5.74, 6) is 1.14. The van der Waals surface area contributed by atoms with Crippen molar-refractivity contribution in [3.63, 3.8) is 0 Å². The summed E-state index contributed by atoms with van der Waals surface area (Å²) >= 11 is 3.50. The molecular weight excluding hydrogens is 264 g/mol. The van der Waals surface area contributed by atoms with Crippen LogP contribution in [0.3, 0.4) is 0 Å². The lowest BCUT2D eigenvalue weighted by Gasteiger charge is -2.22. The lowest BCUT2D eigenvalue weighted by atomic mass is 9.83. The molecule has 86 valence electrons. The topological polar surface area (TPSA) is 17.1 Å². The van der Waals surface area contributed by atoms with Gasteiger partial charge in [-0.3, -0.25) is 0 Å². The van der Waals surface area contributed by atoms with E-state index in [9.17, 15) is 4.79 Å². The molecule has 0 spiro atoms. The lowest BCUT2D eigenvalue weighted by molar-refractivity contribution is -0.108. The Morgan fingerprint density at radius 1 is 1.38 bits per heavy atom. The fourth-order valence-corrected chi connectivity index (χ4v) is 3.22. The molecule has 1 aliphatic rings. The van der Waals surface area contributed by atoms with Gasteiger partial charge in [0.2, 0.25) is 0 Å². The minimum Gasteiger partial charge on any atom is -0.303 e. The third-order valence-corrected chi connectivity index (χ3v) is 4.09. The van der Waals surface area contributed by atoms with E-state index in [1.165, 1.54) is 31.2 Å². The molecule has 0 N–H and O–H groups in total. The molecule has 0 amide bonds. The van der Waals surface area contributed by atoms with Crippen LogP contribution < -0.4 is 0 Å². The molecular formula is C14H17BrO. The molecule has 0 aliphatic heterocycles. The van der Waals surface area contributed by atoms with Crippen molar-refractivity contribution in [2.75, 3.05) is 0 Å². The van der Waals surface area contributed by atoms with Crippen LogP contribution in [0.2, 0.25) is 0 Å². The second-order valence-electron chi connectivity index (χ2n) is 4.61. The van der Waals surface area contributed by atoms with Gasteiger partial charge in [-0.2, -0.15) is 0 Å². The third kappa shape index (κ3) is 2.73. The highest BCUT2D eigenvalue weighted by atomic mass is 79.9. The molecule has 0 radical (unpaired) electrons. The maximum atomic E-state index is 10.8.